The summed E-state index contributed by atoms with van der Waals surface area (Å²) in [6, 6.07) is 5.24. The van der Waals surface area contributed by atoms with E-state index in [4.69, 9.17) is 33.7 Å². The lowest BCUT2D eigenvalue weighted by Crippen LogP contribution is -2.21. The van der Waals surface area contributed by atoms with Crippen molar-refractivity contribution in [1.29, 1.82) is 0 Å². The molecule has 0 amide bonds. The maximum Gasteiger partial charge on any atom is 0.342 e. The molecule has 0 unspecified atom stereocenters. The molecule has 3 rings (SSSR count). The molecule has 1 aromatic heterocycles. The SMILES string of the molecule is Cc1sc(N)c(C(=O)OC2CCCCC2)c1-c1ccc(Cl)cc1Cl. The van der Waals surface area contributed by atoms with E-state index in [9.17, 15) is 4.79 Å². The summed E-state index contributed by atoms with van der Waals surface area (Å²) in [5.41, 5.74) is 8.04. The molecule has 1 aliphatic rings. The number of ether oxygens (including phenoxy) is 1. The predicted octanol–water partition coefficient (Wildman–Crippen LogP) is 6.10. The highest BCUT2D eigenvalue weighted by Crippen LogP contribution is 2.42. The molecule has 0 radical (unpaired) electrons. The van der Waals surface area contributed by atoms with Crippen LogP contribution in [0.25, 0.3) is 11.1 Å². The molecule has 0 bridgehead atoms. The van der Waals surface area contributed by atoms with Gasteiger partial charge in [0.1, 0.15) is 16.7 Å². The molecule has 0 aliphatic heterocycles. The summed E-state index contributed by atoms with van der Waals surface area (Å²) in [6.45, 7) is 1.93. The lowest BCUT2D eigenvalue weighted by molar-refractivity contribution is 0.0214. The summed E-state index contributed by atoms with van der Waals surface area (Å²) >= 11 is 13.7. The molecule has 1 heterocycles. The Hall–Kier alpha value is -1.23. The van der Waals surface area contributed by atoms with E-state index in [0.29, 0.717) is 20.6 Å². The van der Waals surface area contributed by atoms with Crippen LogP contribution in [-0.2, 0) is 4.74 Å². The number of anilines is 1. The second kappa shape index (κ2) is 7.34. The first kappa shape index (κ1) is 17.6. The third kappa shape index (κ3) is 3.56. The highest BCUT2D eigenvalue weighted by atomic mass is 35.5. The normalized spacial score (nSPS) is 15.5. The van der Waals surface area contributed by atoms with Crippen LogP contribution in [0.15, 0.2) is 18.2 Å². The Morgan fingerprint density at radius 3 is 2.62 bits per heavy atom. The van der Waals surface area contributed by atoms with Gasteiger partial charge in [-0.3, -0.25) is 0 Å². The molecule has 1 aliphatic carbocycles. The van der Waals surface area contributed by atoms with Crippen LogP contribution >= 0.6 is 34.5 Å². The van der Waals surface area contributed by atoms with E-state index >= 15 is 0 Å². The van der Waals surface area contributed by atoms with Crippen molar-refractivity contribution in [3.63, 3.8) is 0 Å². The second-order valence-electron chi connectivity index (χ2n) is 6.06. The second-order valence-corrected chi connectivity index (χ2v) is 8.16. The highest BCUT2D eigenvalue weighted by Gasteiger charge is 2.27. The van der Waals surface area contributed by atoms with Crippen molar-refractivity contribution in [2.24, 2.45) is 0 Å². The summed E-state index contributed by atoms with van der Waals surface area (Å²) in [7, 11) is 0. The number of carbonyl (C=O) groups excluding carboxylic acids is 1. The zero-order valence-corrected chi connectivity index (χ0v) is 15.7. The van der Waals surface area contributed by atoms with Gasteiger partial charge in [0, 0.05) is 26.0 Å². The van der Waals surface area contributed by atoms with Gasteiger partial charge >= 0.3 is 5.97 Å². The Labute approximate surface area is 155 Å². The average Bonchev–Trinajstić information content (AvgIpc) is 2.82. The van der Waals surface area contributed by atoms with Crippen LogP contribution in [0.5, 0.6) is 0 Å². The number of esters is 1. The molecule has 0 spiro atoms. The number of hydrogen-bond acceptors (Lipinski definition) is 4. The van der Waals surface area contributed by atoms with E-state index in [2.05, 4.69) is 0 Å². The molecule has 128 valence electrons. The topological polar surface area (TPSA) is 52.3 Å². The largest absolute Gasteiger partial charge is 0.459 e. The quantitative estimate of drug-likeness (QED) is 0.651. The van der Waals surface area contributed by atoms with Crippen molar-refractivity contribution < 1.29 is 9.53 Å². The monoisotopic (exact) mass is 383 g/mol. The van der Waals surface area contributed by atoms with Crippen LogP contribution in [0.2, 0.25) is 10.0 Å². The summed E-state index contributed by atoms with van der Waals surface area (Å²) in [5.74, 6) is -0.357. The van der Waals surface area contributed by atoms with Crippen molar-refractivity contribution >= 4 is 45.5 Å². The zero-order valence-electron chi connectivity index (χ0n) is 13.4. The third-order valence-corrected chi connectivity index (χ3v) is 5.82. The first-order chi connectivity index (χ1) is 11.5. The van der Waals surface area contributed by atoms with Gasteiger partial charge in [-0.1, -0.05) is 35.7 Å². The van der Waals surface area contributed by atoms with Gasteiger partial charge in [-0.25, -0.2) is 4.79 Å². The predicted molar refractivity (Wildman–Crippen MR) is 101 cm³/mol. The fraction of sp³-hybridized carbons (Fsp3) is 0.389. The number of thiophene rings is 1. The first-order valence-electron chi connectivity index (χ1n) is 8.02. The fourth-order valence-electron chi connectivity index (χ4n) is 3.18. The summed E-state index contributed by atoms with van der Waals surface area (Å²) < 4.78 is 5.72. The van der Waals surface area contributed by atoms with E-state index in [-0.39, 0.29) is 12.1 Å². The van der Waals surface area contributed by atoms with Crippen LogP contribution in [0, 0.1) is 6.92 Å². The van der Waals surface area contributed by atoms with Crippen LogP contribution < -0.4 is 5.73 Å². The van der Waals surface area contributed by atoms with E-state index in [0.717, 1.165) is 41.7 Å². The first-order valence-corrected chi connectivity index (χ1v) is 9.60. The summed E-state index contributed by atoms with van der Waals surface area (Å²) in [4.78, 5) is 13.7. The Bertz CT molecular complexity index is 767. The lowest BCUT2D eigenvalue weighted by Gasteiger charge is -2.22. The molecule has 24 heavy (non-hydrogen) atoms. The number of nitrogen functional groups attached to an aromatic ring is 1. The number of rotatable bonds is 3. The van der Waals surface area contributed by atoms with Crippen LogP contribution in [0.4, 0.5) is 5.00 Å². The Morgan fingerprint density at radius 2 is 1.96 bits per heavy atom. The Kier molecular flexibility index (Phi) is 5.38. The minimum atomic E-state index is -0.357. The molecular formula is C18H19Cl2NO2S. The third-order valence-electron chi connectivity index (χ3n) is 4.34. The maximum atomic E-state index is 12.8. The zero-order chi connectivity index (χ0) is 17.3. The van der Waals surface area contributed by atoms with E-state index in [1.54, 1.807) is 12.1 Å². The van der Waals surface area contributed by atoms with Crippen LogP contribution in [-0.4, -0.2) is 12.1 Å². The molecule has 2 N–H and O–H groups in total. The van der Waals surface area contributed by atoms with Gasteiger partial charge < -0.3 is 10.5 Å². The van der Waals surface area contributed by atoms with Crippen molar-refractivity contribution in [3.05, 3.63) is 38.7 Å². The molecular weight excluding hydrogens is 365 g/mol. The van der Waals surface area contributed by atoms with E-state index in [1.165, 1.54) is 17.8 Å². The van der Waals surface area contributed by atoms with Gasteiger partial charge in [-0.2, -0.15) is 0 Å². The molecule has 0 atom stereocenters. The molecule has 1 fully saturated rings. The number of benzene rings is 1. The van der Waals surface area contributed by atoms with Crippen molar-refractivity contribution in [2.45, 2.75) is 45.1 Å². The summed E-state index contributed by atoms with van der Waals surface area (Å²) in [6.07, 6.45) is 5.24. The smallest absolute Gasteiger partial charge is 0.342 e. The fourth-order valence-corrected chi connectivity index (χ4v) is 4.61. The minimum absolute atomic E-state index is 0.0144. The number of hydrogen-bond donors (Lipinski definition) is 1. The number of carbonyl (C=O) groups is 1. The van der Waals surface area contributed by atoms with E-state index in [1.807, 2.05) is 13.0 Å². The lowest BCUT2D eigenvalue weighted by atomic mass is 9.97. The van der Waals surface area contributed by atoms with Gasteiger partial charge in [-0.15, -0.1) is 11.3 Å². The van der Waals surface area contributed by atoms with Gasteiger partial charge in [0.05, 0.1) is 0 Å². The molecule has 0 saturated heterocycles. The molecule has 1 saturated carbocycles. The molecule has 1 aromatic carbocycles. The van der Waals surface area contributed by atoms with E-state index < -0.39 is 0 Å². The highest BCUT2D eigenvalue weighted by molar-refractivity contribution is 7.16. The van der Waals surface area contributed by atoms with Crippen molar-refractivity contribution in [3.8, 4) is 11.1 Å². The van der Waals surface area contributed by atoms with Gasteiger partial charge in [0.15, 0.2) is 0 Å². The van der Waals surface area contributed by atoms with Gasteiger partial charge in [0.25, 0.3) is 0 Å². The molecule has 2 aromatic rings. The average molecular weight is 384 g/mol. The minimum Gasteiger partial charge on any atom is -0.459 e. The Morgan fingerprint density at radius 1 is 1.25 bits per heavy atom. The van der Waals surface area contributed by atoms with Crippen LogP contribution in [0.1, 0.15) is 47.3 Å². The van der Waals surface area contributed by atoms with Crippen molar-refractivity contribution in [2.75, 3.05) is 5.73 Å². The maximum absolute atomic E-state index is 12.8. The number of aryl methyl sites for hydroxylation is 1. The van der Waals surface area contributed by atoms with Gasteiger partial charge in [-0.05, 0) is 44.7 Å². The van der Waals surface area contributed by atoms with Crippen LogP contribution in [0.3, 0.4) is 0 Å². The van der Waals surface area contributed by atoms with Crippen molar-refractivity contribution in [1.82, 2.24) is 0 Å². The standard InChI is InChI=1S/C18H19Cl2NO2S/c1-10-15(13-8-7-11(19)9-14(13)20)16(17(21)24-10)18(22)23-12-5-3-2-4-6-12/h7-9,12H,2-6,21H2,1H3. The summed E-state index contributed by atoms with van der Waals surface area (Å²) in [5, 5.41) is 1.51. The van der Waals surface area contributed by atoms with Gasteiger partial charge in [0.2, 0.25) is 0 Å². The molecule has 6 heteroatoms. The number of nitrogens with two attached hydrogens (primary N) is 1. The Balaban J connectivity index is 1.97. The molecule has 3 nitrogen and oxygen atoms in total. The number of halogens is 2.